The average molecular weight is 393 g/mol. The molecule has 2 aromatic rings. The Morgan fingerprint density at radius 2 is 1.96 bits per heavy atom. The van der Waals surface area contributed by atoms with Gasteiger partial charge in [0.05, 0.1) is 11.4 Å². The second kappa shape index (κ2) is 8.05. The number of amides is 1. The van der Waals surface area contributed by atoms with Crippen LogP contribution in [0.2, 0.25) is 0 Å². The lowest BCUT2D eigenvalue weighted by Gasteiger charge is -2.34. The van der Waals surface area contributed by atoms with E-state index in [0.717, 1.165) is 5.82 Å². The fraction of sp³-hybridized carbons (Fsp3) is 0.471. The molecule has 0 unspecified atom stereocenters. The molecule has 1 fully saturated rings. The van der Waals surface area contributed by atoms with Gasteiger partial charge in [-0.05, 0) is 26.0 Å². The summed E-state index contributed by atoms with van der Waals surface area (Å²) in [7, 11) is -3.44. The van der Waals surface area contributed by atoms with Crippen LogP contribution in [0.3, 0.4) is 0 Å². The Kier molecular flexibility index (Phi) is 5.76. The van der Waals surface area contributed by atoms with E-state index in [1.807, 2.05) is 18.2 Å². The molecule has 0 aromatic carbocycles. The molecule has 27 heavy (non-hydrogen) atoms. The number of hydrogen-bond donors (Lipinski definition) is 1. The highest BCUT2D eigenvalue weighted by atomic mass is 32.2. The van der Waals surface area contributed by atoms with E-state index in [1.54, 1.807) is 20.0 Å². The van der Waals surface area contributed by atoms with Crippen LogP contribution in [0, 0.1) is 13.8 Å². The number of nitrogens with one attached hydrogen (secondary N) is 1. The summed E-state index contributed by atoms with van der Waals surface area (Å²) in [6.45, 7) is 5.32. The second-order valence-electron chi connectivity index (χ2n) is 6.35. The Morgan fingerprint density at radius 1 is 1.22 bits per heavy atom. The van der Waals surface area contributed by atoms with Crippen LogP contribution in [-0.2, 0) is 10.0 Å². The highest BCUT2D eigenvalue weighted by Gasteiger charge is 2.27. The zero-order valence-electron chi connectivity index (χ0n) is 15.4. The van der Waals surface area contributed by atoms with Crippen LogP contribution < -0.4 is 10.2 Å². The summed E-state index contributed by atoms with van der Waals surface area (Å²) in [5.41, 5.74) is 0.842. The first-order chi connectivity index (χ1) is 12.9. The number of hydrogen-bond acceptors (Lipinski definition) is 7. The molecule has 2 aromatic heterocycles. The SMILES string of the molecule is Cc1noc(C)c1C(=O)NCCS(=O)(=O)N1CCN(c2ccccn2)CC1. The predicted molar refractivity (Wildman–Crippen MR) is 100 cm³/mol. The van der Waals surface area contributed by atoms with E-state index in [9.17, 15) is 13.2 Å². The lowest BCUT2D eigenvalue weighted by Crippen LogP contribution is -2.50. The third-order valence-corrected chi connectivity index (χ3v) is 6.38. The smallest absolute Gasteiger partial charge is 0.256 e. The lowest BCUT2D eigenvalue weighted by atomic mass is 10.2. The van der Waals surface area contributed by atoms with Crippen molar-refractivity contribution in [1.29, 1.82) is 0 Å². The molecule has 0 radical (unpaired) electrons. The van der Waals surface area contributed by atoms with E-state index in [-0.39, 0.29) is 18.2 Å². The van der Waals surface area contributed by atoms with Crippen LogP contribution >= 0.6 is 0 Å². The highest BCUT2D eigenvalue weighted by molar-refractivity contribution is 7.89. The number of sulfonamides is 1. The number of carbonyl (C=O) groups is 1. The van der Waals surface area contributed by atoms with Crippen molar-refractivity contribution >= 4 is 21.7 Å². The molecule has 0 spiro atoms. The average Bonchev–Trinajstić information content (AvgIpc) is 3.01. The van der Waals surface area contributed by atoms with Crippen LogP contribution in [0.5, 0.6) is 0 Å². The molecule has 0 aliphatic carbocycles. The molecule has 1 saturated heterocycles. The fourth-order valence-electron chi connectivity index (χ4n) is 3.05. The first kappa shape index (κ1) is 19.3. The molecular formula is C17H23N5O4S. The van der Waals surface area contributed by atoms with Crippen LogP contribution in [0.25, 0.3) is 0 Å². The van der Waals surface area contributed by atoms with Crippen molar-refractivity contribution in [2.45, 2.75) is 13.8 Å². The molecule has 1 aliphatic heterocycles. The van der Waals surface area contributed by atoms with Gasteiger partial charge >= 0.3 is 0 Å². The third kappa shape index (κ3) is 4.45. The maximum Gasteiger partial charge on any atom is 0.256 e. The quantitative estimate of drug-likeness (QED) is 0.764. The minimum absolute atomic E-state index is 0.0334. The first-order valence-corrected chi connectivity index (χ1v) is 10.3. The number of aromatic nitrogens is 2. The molecule has 146 valence electrons. The Bertz CT molecular complexity index is 870. The van der Waals surface area contributed by atoms with Gasteiger partial charge in [-0.2, -0.15) is 4.31 Å². The number of pyridine rings is 1. The number of rotatable bonds is 6. The lowest BCUT2D eigenvalue weighted by molar-refractivity contribution is 0.0954. The standard InChI is InChI=1S/C17H23N5O4S/c1-13-16(14(2)26-20-13)17(23)19-7-12-27(24,25)22-10-8-21(9-11-22)15-5-3-4-6-18-15/h3-6H,7-12H2,1-2H3,(H,19,23). The van der Waals surface area contributed by atoms with E-state index in [2.05, 4.69) is 20.4 Å². The maximum absolute atomic E-state index is 12.5. The van der Waals surface area contributed by atoms with Crippen molar-refractivity contribution < 1.29 is 17.7 Å². The van der Waals surface area contributed by atoms with Crippen molar-refractivity contribution in [3.05, 3.63) is 41.4 Å². The maximum atomic E-state index is 12.5. The molecular weight excluding hydrogens is 370 g/mol. The van der Waals surface area contributed by atoms with Crippen LogP contribution in [0.1, 0.15) is 21.8 Å². The molecule has 3 rings (SSSR count). The molecule has 1 N–H and O–H groups in total. The summed E-state index contributed by atoms with van der Waals surface area (Å²) in [6.07, 6.45) is 1.72. The van der Waals surface area contributed by atoms with E-state index < -0.39 is 10.0 Å². The van der Waals surface area contributed by atoms with Crippen LogP contribution in [-0.4, -0.2) is 67.2 Å². The van der Waals surface area contributed by atoms with Crippen LogP contribution in [0.4, 0.5) is 5.82 Å². The van der Waals surface area contributed by atoms with Crippen molar-refractivity contribution in [2.75, 3.05) is 43.4 Å². The largest absolute Gasteiger partial charge is 0.361 e. The second-order valence-corrected chi connectivity index (χ2v) is 8.43. The number of anilines is 1. The van der Waals surface area contributed by atoms with Crippen molar-refractivity contribution in [3.63, 3.8) is 0 Å². The van der Waals surface area contributed by atoms with E-state index in [1.165, 1.54) is 4.31 Å². The third-order valence-electron chi connectivity index (χ3n) is 4.51. The predicted octanol–water partition coefficient (Wildman–Crippen LogP) is 0.568. The summed E-state index contributed by atoms with van der Waals surface area (Å²) in [6, 6.07) is 5.67. The van der Waals surface area contributed by atoms with Crippen molar-refractivity contribution in [2.24, 2.45) is 0 Å². The molecule has 10 heteroatoms. The number of nitrogens with zero attached hydrogens (tertiary/aromatic N) is 4. The summed E-state index contributed by atoms with van der Waals surface area (Å²) >= 11 is 0. The van der Waals surface area contributed by atoms with E-state index in [4.69, 9.17) is 4.52 Å². The molecule has 0 saturated carbocycles. The minimum Gasteiger partial charge on any atom is -0.361 e. The Labute approximate surface area is 158 Å². The van der Waals surface area contributed by atoms with Gasteiger partial charge in [0.15, 0.2) is 0 Å². The fourth-order valence-corrected chi connectivity index (χ4v) is 4.39. The van der Waals surface area contributed by atoms with Gasteiger partial charge in [-0.1, -0.05) is 11.2 Å². The topological polar surface area (TPSA) is 109 Å². The van der Waals surface area contributed by atoms with Gasteiger partial charge in [-0.3, -0.25) is 4.79 Å². The van der Waals surface area contributed by atoms with Crippen molar-refractivity contribution in [3.8, 4) is 0 Å². The van der Waals surface area contributed by atoms with Crippen molar-refractivity contribution in [1.82, 2.24) is 19.8 Å². The van der Waals surface area contributed by atoms with Crippen LogP contribution in [0.15, 0.2) is 28.9 Å². The number of carbonyl (C=O) groups excluding carboxylic acids is 1. The molecule has 0 bridgehead atoms. The van der Waals surface area contributed by atoms with Gasteiger partial charge in [0.25, 0.3) is 5.91 Å². The summed E-state index contributed by atoms with van der Waals surface area (Å²) in [4.78, 5) is 18.5. The van der Waals surface area contributed by atoms with Gasteiger partial charge in [-0.15, -0.1) is 0 Å². The van der Waals surface area contributed by atoms with Gasteiger partial charge in [0.2, 0.25) is 10.0 Å². The van der Waals surface area contributed by atoms with Gasteiger partial charge in [-0.25, -0.2) is 13.4 Å². The number of aryl methyl sites for hydroxylation is 2. The molecule has 1 amide bonds. The monoisotopic (exact) mass is 393 g/mol. The molecule has 0 atom stereocenters. The zero-order chi connectivity index (χ0) is 19.4. The Hall–Kier alpha value is -2.46. The summed E-state index contributed by atoms with van der Waals surface area (Å²) in [5.74, 6) is 0.743. The van der Waals surface area contributed by atoms with Gasteiger partial charge in [0, 0.05) is 38.9 Å². The summed E-state index contributed by atoms with van der Waals surface area (Å²) < 4.78 is 31.5. The van der Waals surface area contributed by atoms with E-state index in [0.29, 0.717) is 43.2 Å². The molecule has 3 heterocycles. The highest BCUT2D eigenvalue weighted by Crippen LogP contribution is 2.15. The molecule has 1 aliphatic rings. The first-order valence-electron chi connectivity index (χ1n) is 8.73. The Balaban J connectivity index is 1.50. The number of piperazine rings is 1. The Morgan fingerprint density at radius 3 is 2.56 bits per heavy atom. The zero-order valence-corrected chi connectivity index (χ0v) is 16.2. The minimum atomic E-state index is -3.44. The summed E-state index contributed by atoms with van der Waals surface area (Å²) in [5, 5.41) is 6.36. The van der Waals surface area contributed by atoms with Gasteiger partial charge < -0.3 is 14.7 Å². The normalized spacial score (nSPS) is 15.7. The molecule has 9 nitrogen and oxygen atoms in total. The van der Waals surface area contributed by atoms with E-state index >= 15 is 0 Å². The van der Waals surface area contributed by atoms with Gasteiger partial charge in [0.1, 0.15) is 17.1 Å².